The van der Waals surface area contributed by atoms with Crippen molar-refractivity contribution < 1.29 is 4.79 Å². The van der Waals surface area contributed by atoms with Gasteiger partial charge < -0.3 is 5.32 Å². The molecule has 0 aliphatic carbocycles. The van der Waals surface area contributed by atoms with Gasteiger partial charge in [-0.1, -0.05) is 27.4 Å². The molecule has 1 unspecified atom stereocenters. The maximum atomic E-state index is 11.3. The molecule has 0 radical (unpaired) electrons. The predicted octanol–water partition coefficient (Wildman–Crippen LogP) is 2.50. The molecular formula is C11H21NO. The van der Waals surface area contributed by atoms with Crippen molar-refractivity contribution in [2.45, 2.75) is 46.6 Å². The van der Waals surface area contributed by atoms with E-state index in [1.165, 1.54) is 0 Å². The van der Waals surface area contributed by atoms with Gasteiger partial charge in [0.2, 0.25) is 5.91 Å². The summed E-state index contributed by atoms with van der Waals surface area (Å²) >= 11 is 0. The van der Waals surface area contributed by atoms with E-state index in [0.717, 1.165) is 12.8 Å². The Morgan fingerprint density at radius 2 is 2.00 bits per heavy atom. The highest BCUT2D eigenvalue weighted by Crippen LogP contribution is 2.07. The van der Waals surface area contributed by atoms with Crippen molar-refractivity contribution in [1.82, 2.24) is 5.32 Å². The second-order valence-electron chi connectivity index (χ2n) is 3.99. The SMILES string of the molecule is C=C(C)C(=O)NC(CC)CC(C)C. The Morgan fingerprint density at radius 1 is 1.46 bits per heavy atom. The molecule has 0 fully saturated rings. The third-order valence-electron chi connectivity index (χ3n) is 1.97. The molecule has 0 spiro atoms. The summed E-state index contributed by atoms with van der Waals surface area (Å²) in [6.07, 6.45) is 2.02. The largest absolute Gasteiger partial charge is 0.350 e. The molecule has 76 valence electrons. The van der Waals surface area contributed by atoms with Crippen LogP contribution in [0, 0.1) is 5.92 Å². The summed E-state index contributed by atoms with van der Waals surface area (Å²) in [6, 6.07) is 0.296. The third kappa shape index (κ3) is 5.45. The van der Waals surface area contributed by atoms with Gasteiger partial charge in [-0.05, 0) is 25.7 Å². The van der Waals surface area contributed by atoms with Gasteiger partial charge in [0.05, 0.1) is 0 Å². The van der Waals surface area contributed by atoms with E-state index in [-0.39, 0.29) is 5.91 Å². The number of nitrogens with one attached hydrogen (secondary N) is 1. The highest BCUT2D eigenvalue weighted by Gasteiger charge is 2.11. The Morgan fingerprint density at radius 3 is 2.31 bits per heavy atom. The molecule has 0 saturated heterocycles. The first kappa shape index (κ1) is 12.2. The minimum Gasteiger partial charge on any atom is -0.350 e. The second-order valence-corrected chi connectivity index (χ2v) is 3.99. The summed E-state index contributed by atoms with van der Waals surface area (Å²) in [4.78, 5) is 11.3. The van der Waals surface area contributed by atoms with Crippen molar-refractivity contribution in [1.29, 1.82) is 0 Å². The van der Waals surface area contributed by atoms with Crippen molar-refractivity contribution >= 4 is 5.91 Å². The fraction of sp³-hybridized carbons (Fsp3) is 0.727. The molecule has 1 atom stereocenters. The van der Waals surface area contributed by atoms with Crippen LogP contribution in [-0.4, -0.2) is 11.9 Å². The van der Waals surface area contributed by atoms with Gasteiger partial charge in [0.1, 0.15) is 0 Å². The first-order chi connectivity index (χ1) is 5.97. The highest BCUT2D eigenvalue weighted by molar-refractivity contribution is 5.92. The lowest BCUT2D eigenvalue weighted by Gasteiger charge is -2.18. The van der Waals surface area contributed by atoms with Crippen LogP contribution in [0.2, 0.25) is 0 Å². The van der Waals surface area contributed by atoms with Crippen LogP contribution >= 0.6 is 0 Å². The molecule has 0 aromatic rings. The van der Waals surface area contributed by atoms with Crippen LogP contribution in [-0.2, 0) is 4.79 Å². The van der Waals surface area contributed by atoms with E-state index in [1.807, 2.05) is 0 Å². The Hall–Kier alpha value is -0.790. The van der Waals surface area contributed by atoms with Crippen LogP contribution in [0.15, 0.2) is 12.2 Å². The summed E-state index contributed by atoms with van der Waals surface area (Å²) in [5.74, 6) is 0.600. The van der Waals surface area contributed by atoms with Crippen molar-refractivity contribution in [2.75, 3.05) is 0 Å². The van der Waals surface area contributed by atoms with Crippen LogP contribution < -0.4 is 5.32 Å². The minimum atomic E-state index is -0.0208. The number of carbonyl (C=O) groups is 1. The summed E-state index contributed by atoms with van der Waals surface area (Å²) in [5, 5.41) is 2.96. The van der Waals surface area contributed by atoms with Gasteiger partial charge in [0, 0.05) is 11.6 Å². The van der Waals surface area contributed by atoms with Gasteiger partial charge in [-0.3, -0.25) is 4.79 Å². The Labute approximate surface area is 81.4 Å². The molecule has 0 aliphatic heterocycles. The van der Waals surface area contributed by atoms with Gasteiger partial charge in [0.25, 0.3) is 0 Å². The van der Waals surface area contributed by atoms with E-state index in [1.54, 1.807) is 6.92 Å². The maximum Gasteiger partial charge on any atom is 0.246 e. The third-order valence-corrected chi connectivity index (χ3v) is 1.97. The molecule has 13 heavy (non-hydrogen) atoms. The van der Waals surface area contributed by atoms with Gasteiger partial charge in [-0.25, -0.2) is 0 Å². The van der Waals surface area contributed by atoms with Gasteiger partial charge >= 0.3 is 0 Å². The van der Waals surface area contributed by atoms with Crippen LogP contribution in [0.25, 0.3) is 0 Å². The van der Waals surface area contributed by atoms with E-state index in [2.05, 4.69) is 32.7 Å². The average Bonchev–Trinajstić information content (AvgIpc) is 2.02. The van der Waals surface area contributed by atoms with Gasteiger partial charge in [0.15, 0.2) is 0 Å². The molecule has 0 aromatic heterocycles. The van der Waals surface area contributed by atoms with Gasteiger partial charge in [-0.15, -0.1) is 0 Å². The molecule has 0 saturated carbocycles. The summed E-state index contributed by atoms with van der Waals surface area (Å²) in [7, 11) is 0. The molecule has 1 amide bonds. The smallest absolute Gasteiger partial charge is 0.246 e. The molecule has 0 heterocycles. The standard InChI is InChI=1S/C11H21NO/c1-6-10(7-8(2)3)12-11(13)9(4)5/h8,10H,4,6-7H2,1-3,5H3,(H,12,13). The fourth-order valence-electron chi connectivity index (χ4n) is 1.21. The highest BCUT2D eigenvalue weighted by atomic mass is 16.1. The quantitative estimate of drug-likeness (QED) is 0.652. The topological polar surface area (TPSA) is 29.1 Å². The molecule has 0 aromatic carbocycles. The summed E-state index contributed by atoms with van der Waals surface area (Å²) in [6.45, 7) is 11.8. The monoisotopic (exact) mass is 183 g/mol. The first-order valence-corrected chi connectivity index (χ1v) is 4.93. The zero-order valence-corrected chi connectivity index (χ0v) is 9.18. The Balaban J connectivity index is 3.97. The lowest BCUT2D eigenvalue weighted by molar-refractivity contribution is -0.118. The van der Waals surface area contributed by atoms with Crippen LogP contribution in [0.1, 0.15) is 40.5 Å². The molecule has 0 aliphatic rings. The minimum absolute atomic E-state index is 0.0208. The van der Waals surface area contributed by atoms with Crippen LogP contribution in [0.3, 0.4) is 0 Å². The average molecular weight is 183 g/mol. The van der Waals surface area contributed by atoms with Crippen LogP contribution in [0.4, 0.5) is 0 Å². The summed E-state index contributed by atoms with van der Waals surface area (Å²) < 4.78 is 0. The lowest BCUT2D eigenvalue weighted by Crippen LogP contribution is -2.35. The molecule has 2 nitrogen and oxygen atoms in total. The Bertz CT molecular complexity index is 185. The zero-order chi connectivity index (χ0) is 10.4. The van der Waals surface area contributed by atoms with E-state index in [4.69, 9.17) is 0 Å². The van der Waals surface area contributed by atoms with E-state index < -0.39 is 0 Å². The van der Waals surface area contributed by atoms with Crippen molar-refractivity contribution in [3.63, 3.8) is 0 Å². The number of rotatable bonds is 5. The van der Waals surface area contributed by atoms with Crippen molar-refractivity contribution in [3.05, 3.63) is 12.2 Å². The van der Waals surface area contributed by atoms with E-state index >= 15 is 0 Å². The molecule has 1 N–H and O–H groups in total. The maximum absolute atomic E-state index is 11.3. The van der Waals surface area contributed by atoms with E-state index in [9.17, 15) is 4.79 Å². The van der Waals surface area contributed by atoms with E-state index in [0.29, 0.717) is 17.5 Å². The Kier molecular flexibility index (Phi) is 5.44. The second kappa shape index (κ2) is 5.79. The zero-order valence-electron chi connectivity index (χ0n) is 9.18. The van der Waals surface area contributed by atoms with Crippen molar-refractivity contribution in [3.8, 4) is 0 Å². The molecular weight excluding hydrogens is 162 g/mol. The lowest BCUT2D eigenvalue weighted by atomic mass is 10.0. The molecule has 0 bridgehead atoms. The molecule has 0 rings (SSSR count). The van der Waals surface area contributed by atoms with Gasteiger partial charge in [-0.2, -0.15) is 0 Å². The first-order valence-electron chi connectivity index (χ1n) is 4.93. The summed E-state index contributed by atoms with van der Waals surface area (Å²) in [5.41, 5.74) is 0.585. The number of amides is 1. The van der Waals surface area contributed by atoms with Crippen LogP contribution in [0.5, 0.6) is 0 Å². The van der Waals surface area contributed by atoms with Crippen molar-refractivity contribution in [2.24, 2.45) is 5.92 Å². The number of hydrogen-bond donors (Lipinski definition) is 1. The predicted molar refractivity (Wildman–Crippen MR) is 56.5 cm³/mol. The fourth-order valence-corrected chi connectivity index (χ4v) is 1.21. The number of carbonyl (C=O) groups excluding carboxylic acids is 1. The number of hydrogen-bond acceptors (Lipinski definition) is 1. The normalized spacial score (nSPS) is 12.7. The molecule has 2 heteroatoms.